The van der Waals surface area contributed by atoms with Crippen LogP contribution < -0.4 is 5.32 Å². The molecule has 0 aliphatic carbocycles. The number of anilines is 1. The molecule has 0 spiro atoms. The highest BCUT2D eigenvalue weighted by atomic mass is 35.5. The van der Waals surface area contributed by atoms with E-state index in [0.29, 0.717) is 12.1 Å². The number of hydrogen-bond donors (Lipinski definition) is 1. The molecule has 0 radical (unpaired) electrons. The van der Waals surface area contributed by atoms with E-state index >= 15 is 0 Å². The summed E-state index contributed by atoms with van der Waals surface area (Å²) in [5, 5.41) is 3.95. The Labute approximate surface area is 142 Å². The molecule has 1 heterocycles. The van der Waals surface area contributed by atoms with Gasteiger partial charge in [-0.25, -0.2) is 4.98 Å². The number of amides is 1. The van der Waals surface area contributed by atoms with Crippen LogP contribution in [0.25, 0.3) is 0 Å². The Bertz CT molecular complexity index is 626. The summed E-state index contributed by atoms with van der Waals surface area (Å²) in [6.45, 7) is 3.54. The van der Waals surface area contributed by atoms with E-state index in [1.54, 1.807) is 11.1 Å². The Kier molecular flexibility index (Phi) is 6.41. The zero-order chi connectivity index (χ0) is 16.7. The second-order valence-corrected chi connectivity index (χ2v) is 5.93. The highest BCUT2D eigenvalue weighted by Crippen LogP contribution is 2.12. The topological polar surface area (TPSA) is 45.2 Å². The van der Waals surface area contributed by atoms with Crippen LogP contribution in [0, 0.1) is 0 Å². The van der Waals surface area contributed by atoms with Crippen molar-refractivity contribution in [1.29, 1.82) is 0 Å². The molecule has 1 aromatic carbocycles. The number of nitrogens with one attached hydrogen (secondary N) is 1. The molecule has 0 fully saturated rings. The van der Waals surface area contributed by atoms with Crippen LogP contribution in [0.1, 0.15) is 35.7 Å². The van der Waals surface area contributed by atoms with Gasteiger partial charge in [-0.1, -0.05) is 37.1 Å². The third kappa shape index (κ3) is 5.25. The summed E-state index contributed by atoms with van der Waals surface area (Å²) < 4.78 is 0. The fourth-order valence-corrected chi connectivity index (χ4v) is 2.26. The lowest BCUT2D eigenvalue weighted by atomic mass is 10.2. The summed E-state index contributed by atoms with van der Waals surface area (Å²) >= 11 is 5.86. The fraction of sp³-hybridized carbons (Fsp3) is 0.333. The van der Waals surface area contributed by atoms with Gasteiger partial charge in [-0.3, -0.25) is 4.79 Å². The van der Waals surface area contributed by atoms with Gasteiger partial charge in [-0.05, 0) is 36.2 Å². The van der Waals surface area contributed by atoms with Crippen molar-refractivity contribution in [1.82, 2.24) is 9.88 Å². The molecule has 122 valence electrons. The predicted molar refractivity (Wildman–Crippen MR) is 94.9 cm³/mol. The van der Waals surface area contributed by atoms with Gasteiger partial charge in [0.1, 0.15) is 5.82 Å². The molecule has 0 aliphatic heterocycles. The largest absolute Gasteiger partial charge is 0.366 e. The summed E-state index contributed by atoms with van der Waals surface area (Å²) in [5.74, 6) is 0.753. The van der Waals surface area contributed by atoms with Gasteiger partial charge in [0.15, 0.2) is 0 Å². The van der Waals surface area contributed by atoms with Crippen LogP contribution in [0.3, 0.4) is 0 Å². The van der Waals surface area contributed by atoms with Gasteiger partial charge in [0.2, 0.25) is 0 Å². The SMILES string of the molecule is CCCCN(C)C(=O)c1ccc(NCc2ccc(Cl)cc2)nc1. The number of unbranched alkanes of at least 4 members (excludes halogenated alkanes) is 1. The number of carbonyl (C=O) groups is 1. The Hall–Kier alpha value is -2.07. The molecule has 0 bridgehead atoms. The first-order valence-corrected chi connectivity index (χ1v) is 8.17. The summed E-state index contributed by atoms with van der Waals surface area (Å²) in [6, 6.07) is 11.3. The van der Waals surface area contributed by atoms with Crippen LogP contribution in [-0.2, 0) is 6.54 Å². The van der Waals surface area contributed by atoms with E-state index in [-0.39, 0.29) is 5.91 Å². The van der Waals surface area contributed by atoms with E-state index in [1.165, 1.54) is 0 Å². The number of pyridine rings is 1. The number of benzene rings is 1. The molecule has 0 unspecified atom stereocenters. The first-order valence-electron chi connectivity index (χ1n) is 7.80. The zero-order valence-electron chi connectivity index (χ0n) is 13.6. The minimum Gasteiger partial charge on any atom is -0.366 e. The minimum absolute atomic E-state index is 0.00945. The van der Waals surface area contributed by atoms with Crippen molar-refractivity contribution in [3.8, 4) is 0 Å². The molecule has 5 heteroatoms. The molecule has 4 nitrogen and oxygen atoms in total. The van der Waals surface area contributed by atoms with Crippen LogP contribution in [0.5, 0.6) is 0 Å². The van der Waals surface area contributed by atoms with Gasteiger partial charge in [0, 0.05) is 31.4 Å². The van der Waals surface area contributed by atoms with Crippen molar-refractivity contribution in [2.24, 2.45) is 0 Å². The molecule has 1 amide bonds. The third-order valence-electron chi connectivity index (χ3n) is 3.59. The highest BCUT2D eigenvalue weighted by molar-refractivity contribution is 6.30. The Morgan fingerprint density at radius 2 is 1.96 bits per heavy atom. The molecular weight excluding hydrogens is 310 g/mol. The van der Waals surface area contributed by atoms with Gasteiger partial charge in [-0.15, -0.1) is 0 Å². The molecule has 0 saturated heterocycles. The first kappa shape index (κ1) is 17.3. The first-order chi connectivity index (χ1) is 11.1. The van der Waals surface area contributed by atoms with Crippen LogP contribution in [0.4, 0.5) is 5.82 Å². The van der Waals surface area contributed by atoms with Crippen molar-refractivity contribution in [3.05, 3.63) is 58.7 Å². The molecule has 2 rings (SSSR count). The number of aromatic nitrogens is 1. The van der Waals surface area contributed by atoms with Crippen LogP contribution in [0.2, 0.25) is 5.02 Å². The van der Waals surface area contributed by atoms with Crippen LogP contribution in [0.15, 0.2) is 42.6 Å². The van der Waals surface area contributed by atoms with Gasteiger partial charge >= 0.3 is 0 Å². The molecule has 2 aromatic rings. The average molecular weight is 332 g/mol. The molecule has 1 N–H and O–H groups in total. The molecule has 0 atom stereocenters. The van der Waals surface area contributed by atoms with Crippen molar-refractivity contribution in [2.45, 2.75) is 26.3 Å². The van der Waals surface area contributed by atoms with E-state index in [4.69, 9.17) is 11.6 Å². The zero-order valence-corrected chi connectivity index (χ0v) is 14.3. The van der Waals surface area contributed by atoms with E-state index < -0.39 is 0 Å². The summed E-state index contributed by atoms with van der Waals surface area (Å²) in [6.07, 6.45) is 3.70. The molecular formula is C18H22ClN3O. The standard InChI is InChI=1S/C18H22ClN3O/c1-3-4-11-22(2)18(23)15-7-10-17(21-13-15)20-12-14-5-8-16(19)9-6-14/h5-10,13H,3-4,11-12H2,1-2H3,(H,20,21). The maximum absolute atomic E-state index is 12.2. The van der Waals surface area contributed by atoms with Gasteiger partial charge in [-0.2, -0.15) is 0 Å². The molecule has 0 saturated carbocycles. The number of halogens is 1. The van der Waals surface area contributed by atoms with Gasteiger partial charge in [0.05, 0.1) is 5.56 Å². The second-order valence-electron chi connectivity index (χ2n) is 5.49. The third-order valence-corrected chi connectivity index (χ3v) is 3.84. The Morgan fingerprint density at radius 1 is 1.22 bits per heavy atom. The van der Waals surface area contributed by atoms with E-state index in [2.05, 4.69) is 17.2 Å². The maximum Gasteiger partial charge on any atom is 0.255 e. The minimum atomic E-state index is 0.00945. The second kappa shape index (κ2) is 8.53. The maximum atomic E-state index is 12.2. The Balaban J connectivity index is 1.91. The monoisotopic (exact) mass is 331 g/mol. The van der Waals surface area contributed by atoms with Crippen molar-refractivity contribution in [2.75, 3.05) is 18.9 Å². The lowest BCUT2D eigenvalue weighted by molar-refractivity contribution is 0.0793. The van der Waals surface area contributed by atoms with Gasteiger partial charge < -0.3 is 10.2 Å². The summed E-state index contributed by atoms with van der Waals surface area (Å²) in [7, 11) is 1.82. The molecule has 0 aliphatic rings. The Morgan fingerprint density at radius 3 is 2.57 bits per heavy atom. The van der Waals surface area contributed by atoms with E-state index in [0.717, 1.165) is 35.8 Å². The highest BCUT2D eigenvalue weighted by Gasteiger charge is 2.11. The molecule has 23 heavy (non-hydrogen) atoms. The predicted octanol–water partition coefficient (Wildman–Crippen LogP) is 4.22. The lowest BCUT2D eigenvalue weighted by Crippen LogP contribution is -2.27. The average Bonchev–Trinajstić information content (AvgIpc) is 2.59. The summed E-state index contributed by atoms with van der Waals surface area (Å²) in [5.41, 5.74) is 1.73. The molecule has 1 aromatic heterocycles. The number of hydrogen-bond acceptors (Lipinski definition) is 3. The van der Waals surface area contributed by atoms with Crippen molar-refractivity contribution < 1.29 is 4.79 Å². The number of carbonyl (C=O) groups excluding carboxylic acids is 1. The van der Waals surface area contributed by atoms with Crippen molar-refractivity contribution in [3.63, 3.8) is 0 Å². The normalized spacial score (nSPS) is 10.4. The number of nitrogens with zero attached hydrogens (tertiary/aromatic N) is 2. The lowest BCUT2D eigenvalue weighted by Gasteiger charge is -2.16. The van der Waals surface area contributed by atoms with E-state index in [9.17, 15) is 4.79 Å². The van der Waals surface area contributed by atoms with Gasteiger partial charge in [0.25, 0.3) is 5.91 Å². The van der Waals surface area contributed by atoms with Crippen molar-refractivity contribution >= 4 is 23.3 Å². The van der Waals surface area contributed by atoms with E-state index in [1.807, 2.05) is 43.4 Å². The van der Waals surface area contributed by atoms with Crippen LogP contribution in [-0.4, -0.2) is 29.4 Å². The number of rotatable bonds is 7. The van der Waals surface area contributed by atoms with Crippen LogP contribution >= 0.6 is 11.6 Å². The smallest absolute Gasteiger partial charge is 0.255 e. The quantitative estimate of drug-likeness (QED) is 0.826. The summed E-state index contributed by atoms with van der Waals surface area (Å²) in [4.78, 5) is 18.3. The fourth-order valence-electron chi connectivity index (χ4n) is 2.14.